The molecule has 280 valence electrons. The molecule has 14 rings (SSSR count). The molecule has 3 heterocycles. The van der Waals surface area contributed by atoms with Gasteiger partial charge in [0, 0.05) is 62.1 Å². The molecule has 1 spiro atoms. The predicted octanol–water partition coefficient (Wildman–Crippen LogP) is 14.3. The summed E-state index contributed by atoms with van der Waals surface area (Å²) in [6, 6.07) is 44.7. The van der Waals surface area contributed by atoms with Crippen LogP contribution in [0.25, 0.3) is 66.2 Å². The zero-order valence-corrected chi connectivity index (χ0v) is 32.9. The fourth-order valence-corrected chi connectivity index (χ4v) is 12.0. The van der Waals surface area contributed by atoms with Crippen LogP contribution in [0.3, 0.4) is 0 Å². The van der Waals surface area contributed by atoms with Crippen molar-refractivity contribution in [3.05, 3.63) is 203 Å². The van der Waals surface area contributed by atoms with E-state index in [9.17, 15) is 0 Å². The van der Waals surface area contributed by atoms with Crippen LogP contribution in [0, 0.1) is 11.8 Å². The average molecular weight is 758 g/mol. The molecule has 0 N–H and O–H groups in total. The lowest BCUT2D eigenvalue weighted by atomic mass is 9.71. The fourth-order valence-electron chi connectivity index (χ4n) is 12.0. The van der Waals surface area contributed by atoms with Gasteiger partial charge >= 0.3 is 0 Å². The molecule has 6 aromatic carbocycles. The minimum atomic E-state index is -0.165. The van der Waals surface area contributed by atoms with Gasteiger partial charge in [-0.25, -0.2) is 0 Å². The molecule has 8 aromatic rings. The maximum Gasteiger partial charge on any atom is 0.135 e. The number of allylic oxidation sites excluding steroid dienone is 11. The number of fused-ring (bicyclic) bond motifs is 14. The van der Waals surface area contributed by atoms with Crippen molar-refractivity contribution in [3.63, 3.8) is 0 Å². The monoisotopic (exact) mass is 757 g/mol. The largest absolute Gasteiger partial charge is 0.456 e. The van der Waals surface area contributed by atoms with E-state index in [1.54, 1.807) is 0 Å². The lowest BCUT2D eigenvalue weighted by molar-refractivity contribution is 0.566. The van der Waals surface area contributed by atoms with Gasteiger partial charge in [-0.15, -0.1) is 0 Å². The molecule has 3 heteroatoms. The number of hydrogen-bond donors (Lipinski definition) is 0. The Kier molecular flexibility index (Phi) is 6.00. The number of hydrogen-bond acceptors (Lipinski definition) is 3. The number of nitrogens with zero attached hydrogens (tertiary/aromatic N) is 1. The van der Waals surface area contributed by atoms with Gasteiger partial charge in [-0.1, -0.05) is 123 Å². The summed E-state index contributed by atoms with van der Waals surface area (Å²) in [7, 11) is 0. The van der Waals surface area contributed by atoms with Crippen LogP contribution in [0.15, 0.2) is 178 Å². The SMILES string of the molecule is CC1(C)C2=CCC3(C=C2c2cc4c(cc21)oc1ccccc14)CN(c1ccc2oc4ccc(C5=CC=C6c7ccccc7C7=CC=CC5C76)cc4c2c1)c1ccccc13. The van der Waals surface area contributed by atoms with Gasteiger partial charge < -0.3 is 13.7 Å². The molecule has 3 atom stereocenters. The van der Waals surface area contributed by atoms with Gasteiger partial charge in [0.1, 0.15) is 22.3 Å². The second-order valence-corrected chi connectivity index (χ2v) is 18.0. The molecule has 0 radical (unpaired) electrons. The van der Waals surface area contributed by atoms with E-state index in [4.69, 9.17) is 8.83 Å². The van der Waals surface area contributed by atoms with E-state index < -0.39 is 0 Å². The van der Waals surface area contributed by atoms with Gasteiger partial charge in [-0.2, -0.15) is 0 Å². The van der Waals surface area contributed by atoms with Crippen molar-refractivity contribution < 1.29 is 8.83 Å². The summed E-state index contributed by atoms with van der Waals surface area (Å²) in [5, 5.41) is 4.69. The Bertz CT molecular complexity index is 3440. The first-order valence-electron chi connectivity index (χ1n) is 21.1. The van der Waals surface area contributed by atoms with Crippen LogP contribution in [0.1, 0.15) is 53.6 Å². The highest BCUT2D eigenvalue weighted by molar-refractivity contribution is 6.10. The maximum atomic E-state index is 6.54. The highest BCUT2D eigenvalue weighted by Crippen LogP contribution is 2.59. The zero-order chi connectivity index (χ0) is 38.8. The summed E-state index contributed by atoms with van der Waals surface area (Å²) in [6.07, 6.45) is 17.9. The van der Waals surface area contributed by atoms with Crippen molar-refractivity contribution >= 4 is 77.5 Å². The summed E-state index contributed by atoms with van der Waals surface area (Å²) in [4.78, 5) is 2.55. The molecule has 59 heavy (non-hydrogen) atoms. The summed E-state index contributed by atoms with van der Waals surface area (Å²) < 4.78 is 12.9. The maximum absolute atomic E-state index is 6.54. The second kappa shape index (κ2) is 11.0. The van der Waals surface area contributed by atoms with Crippen LogP contribution >= 0.6 is 0 Å². The van der Waals surface area contributed by atoms with Crippen LogP contribution < -0.4 is 4.90 Å². The normalized spacial score (nSPS) is 22.9. The van der Waals surface area contributed by atoms with Gasteiger partial charge in [0.25, 0.3) is 0 Å². The van der Waals surface area contributed by atoms with E-state index in [2.05, 4.69) is 183 Å². The Balaban J connectivity index is 0.868. The minimum Gasteiger partial charge on any atom is -0.456 e. The van der Waals surface area contributed by atoms with Crippen molar-refractivity contribution in [3.8, 4) is 0 Å². The lowest BCUT2D eigenvalue weighted by Crippen LogP contribution is -2.32. The number of anilines is 2. The number of benzene rings is 6. The molecule has 1 aliphatic heterocycles. The van der Waals surface area contributed by atoms with Crippen LogP contribution in [0.2, 0.25) is 0 Å². The molecule has 0 saturated heterocycles. The van der Waals surface area contributed by atoms with Crippen molar-refractivity contribution in [1.82, 2.24) is 0 Å². The first kappa shape index (κ1) is 32.2. The van der Waals surface area contributed by atoms with Gasteiger partial charge in [-0.05, 0) is 122 Å². The molecule has 2 aromatic heterocycles. The summed E-state index contributed by atoms with van der Waals surface area (Å²) in [5.41, 5.74) is 21.1. The number of para-hydroxylation sites is 2. The van der Waals surface area contributed by atoms with E-state index in [0.29, 0.717) is 11.8 Å². The molecule has 3 unspecified atom stereocenters. The zero-order valence-electron chi connectivity index (χ0n) is 32.9. The van der Waals surface area contributed by atoms with E-state index in [0.717, 1.165) is 46.1 Å². The van der Waals surface area contributed by atoms with Crippen LogP contribution in [0.5, 0.6) is 0 Å². The minimum absolute atomic E-state index is 0.111. The second-order valence-electron chi connectivity index (χ2n) is 18.0. The first-order chi connectivity index (χ1) is 28.9. The van der Waals surface area contributed by atoms with Crippen molar-refractivity contribution in [2.45, 2.75) is 31.1 Å². The van der Waals surface area contributed by atoms with E-state index >= 15 is 0 Å². The lowest BCUT2D eigenvalue weighted by Gasteiger charge is -2.33. The Hall–Kier alpha value is -6.84. The quantitative estimate of drug-likeness (QED) is 0.176. The number of rotatable bonds is 2. The fraction of sp³-hybridized carbons (Fsp3) is 0.143. The molecular weight excluding hydrogens is 719 g/mol. The molecular formula is C56H39NO2. The molecule has 3 nitrogen and oxygen atoms in total. The first-order valence-corrected chi connectivity index (χ1v) is 21.1. The van der Waals surface area contributed by atoms with Crippen LogP contribution in [-0.2, 0) is 10.8 Å². The predicted molar refractivity (Wildman–Crippen MR) is 243 cm³/mol. The molecule has 0 saturated carbocycles. The van der Waals surface area contributed by atoms with Gasteiger partial charge in [0.15, 0.2) is 0 Å². The summed E-state index contributed by atoms with van der Waals surface area (Å²) >= 11 is 0. The average Bonchev–Trinajstić information content (AvgIpc) is 4.05. The highest BCUT2D eigenvalue weighted by Gasteiger charge is 2.48. The molecule has 0 amide bonds. The van der Waals surface area contributed by atoms with E-state index in [-0.39, 0.29) is 10.8 Å². The Morgan fingerprint density at radius 1 is 0.593 bits per heavy atom. The smallest absolute Gasteiger partial charge is 0.135 e. The van der Waals surface area contributed by atoms with Crippen molar-refractivity contribution in [1.29, 1.82) is 0 Å². The van der Waals surface area contributed by atoms with Gasteiger partial charge in [0.05, 0.1) is 0 Å². The molecule has 5 aliphatic carbocycles. The molecule has 0 fully saturated rings. The Labute approximate surface area is 342 Å². The Morgan fingerprint density at radius 2 is 1.31 bits per heavy atom. The van der Waals surface area contributed by atoms with E-state index in [1.807, 2.05) is 0 Å². The van der Waals surface area contributed by atoms with Gasteiger partial charge in [0.2, 0.25) is 0 Å². The van der Waals surface area contributed by atoms with Crippen LogP contribution in [0.4, 0.5) is 11.4 Å². The third kappa shape index (κ3) is 4.12. The highest BCUT2D eigenvalue weighted by atomic mass is 16.3. The summed E-state index contributed by atoms with van der Waals surface area (Å²) in [5.74, 6) is 0.659. The van der Waals surface area contributed by atoms with Crippen molar-refractivity contribution in [2.75, 3.05) is 11.4 Å². The third-order valence-corrected chi connectivity index (χ3v) is 14.8. The van der Waals surface area contributed by atoms with E-state index in [1.165, 1.54) is 83.4 Å². The van der Waals surface area contributed by atoms with Crippen molar-refractivity contribution in [2.24, 2.45) is 11.8 Å². The number of furan rings is 2. The molecule has 6 aliphatic rings. The van der Waals surface area contributed by atoms with Gasteiger partial charge in [-0.3, -0.25) is 0 Å². The standard InChI is InChI=1S/C56H39NO2/c1-55(2)46-24-25-56(30-45(46)41-28-44-37-12-5-8-17-50(37)59-53(44)29-48(41)55)31-57(49-16-7-6-15-47(49)56)33-19-23-52-43(27-33)42-26-32(18-22-51(42)58-52)34-20-21-40-36-11-4-3-10-35(36)39-14-9-13-38(34)54(39)40/h3-24,26-30,38,54H,25,31H2,1-2H3. The topological polar surface area (TPSA) is 29.5 Å². The third-order valence-electron chi connectivity index (χ3n) is 14.8. The molecule has 0 bridgehead atoms. The van der Waals surface area contributed by atoms with Crippen LogP contribution in [-0.4, -0.2) is 6.54 Å². The summed E-state index contributed by atoms with van der Waals surface area (Å²) in [6.45, 7) is 5.62. The Morgan fingerprint density at radius 3 is 2.20 bits per heavy atom.